The topological polar surface area (TPSA) is 55.0 Å². The predicted molar refractivity (Wildman–Crippen MR) is 51.5 cm³/mol. The van der Waals surface area contributed by atoms with Crippen molar-refractivity contribution in [1.82, 2.24) is 10.2 Å². The number of halogens is 3. The summed E-state index contributed by atoms with van der Waals surface area (Å²) < 4.78 is 43.0. The Hall–Kier alpha value is -1.53. The van der Waals surface area contributed by atoms with E-state index in [9.17, 15) is 18.0 Å². The molecule has 1 aliphatic carbocycles. The smallest absolute Gasteiger partial charge is 0.399 e. The number of nitrogens with zero attached hydrogens (tertiary/aromatic N) is 1. The second kappa shape index (κ2) is 3.75. The van der Waals surface area contributed by atoms with Crippen LogP contribution in [0.2, 0.25) is 0 Å². The van der Waals surface area contributed by atoms with Gasteiger partial charge < -0.3 is 4.74 Å². The number of alkyl halides is 3. The zero-order valence-electron chi connectivity index (χ0n) is 9.10. The Kier molecular flexibility index (Phi) is 2.63. The molecule has 1 N–H and O–H groups in total. The summed E-state index contributed by atoms with van der Waals surface area (Å²) in [7, 11) is 0. The molecular formula is C10H11F3N2O2. The summed E-state index contributed by atoms with van der Waals surface area (Å²) in [6.07, 6.45) is -4.26. The SMILES string of the molecule is CCOC(=O)c1cc(C2(C(F)(F)F)CC2)[nH]n1. The van der Waals surface area contributed by atoms with Gasteiger partial charge in [0.25, 0.3) is 0 Å². The van der Waals surface area contributed by atoms with Gasteiger partial charge in [0, 0.05) is 0 Å². The van der Waals surface area contributed by atoms with E-state index < -0.39 is 17.6 Å². The van der Waals surface area contributed by atoms with Gasteiger partial charge in [0.15, 0.2) is 5.69 Å². The highest BCUT2D eigenvalue weighted by molar-refractivity contribution is 5.87. The Morgan fingerprint density at radius 1 is 1.59 bits per heavy atom. The molecule has 1 fully saturated rings. The van der Waals surface area contributed by atoms with Crippen molar-refractivity contribution in [3.05, 3.63) is 17.5 Å². The molecule has 7 heteroatoms. The number of esters is 1. The Bertz CT molecular complexity index is 435. The quantitative estimate of drug-likeness (QED) is 0.834. The van der Waals surface area contributed by atoms with Crippen molar-refractivity contribution in [1.29, 1.82) is 0 Å². The van der Waals surface area contributed by atoms with Crippen LogP contribution in [0.5, 0.6) is 0 Å². The van der Waals surface area contributed by atoms with E-state index >= 15 is 0 Å². The van der Waals surface area contributed by atoms with Crippen molar-refractivity contribution in [2.45, 2.75) is 31.4 Å². The third kappa shape index (κ3) is 1.89. The maximum Gasteiger partial charge on any atom is 0.399 e. The Morgan fingerprint density at radius 2 is 2.24 bits per heavy atom. The lowest BCUT2D eigenvalue weighted by molar-refractivity contribution is -0.161. The molecule has 0 saturated heterocycles. The first-order chi connectivity index (χ1) is 7.90. The van der Waals surface area contributed by atoms with E-state index in [-0.39, 0.29) is 30.8 Å². The van der Waals surface area contributed by atoms with Crippen molar-refractivity contribution >= 4 is 5.97 Å². The van der Waals surface area contributed by atoms with Gasteiger partial charge in [-0.1, -0.05) is 0 Å². The molecule has 17 heavy (non-hydrogen) atoms. The molecule has 1 aliphatic rings. The van der Waals surface area contributed by atoms with Gasteiger partial charge in [0.2, 0.25) is 0 Å². The number of carbonyl (C=O) groups is 1. The van der Waals surface area contributed by atoms with Gasteiger partial charge in [0.05, 0.1) is 12.3 Å². The highest BCUT2D eigenvalue weighted by atomic mass is 19.4. The molecule has 1 aromatic rings. The van der Waals surface area contributed by atoms with Crippen LogP contribution in [-0.4, -0.2) is 28.9 Å². The molecular weight excluding hydrogens is 237 g/mol. The summed E-state index contributed by atoms with van der Waals surface area (Å²) in [6, 6.07) is 1.12. The van der Waals surface area contributed by atoms with E-state index in [0.29, 0.717) is 0 Å². The second-order valence-electron chi connectivity index (χ2n) is 3.97. The number of carbonyl (C=O) groups excluding carboxylic acids is 1. The molecule has 1 saturated carbocycles. The molecule has 94 valence electrons. The molecule has 0 aliphatic heterocycles. The average Bonchev–Trinajstić information content (AvgIpc) is 2.91. The van der Waals surface area contributed by atoms with Gasteiger partial charge in [-0.25, -0.2) is 4.79 Å². The fourth-order valence-electron chi connectivity index (χ4n) is 1.71. The van der Waals surface area contributed by atoms with Crippen LogP contribution in [0.15, 0.2) is 6.07 Å². The summed E-state index contributed by atoms with van der Waals surface area (Å²) in [5, 5.41) is 5.84. The van der Waals surface area contributed by atoms with Crippen LogP contribution in [-0.2, 0) is 10.2 Å². The monoisotopic (exact) mass is 248 g/mol. The van der Waals surface area contributed by atoms with Crippen LogP contribution in [0.3, 0.4) is 0 Å². The molecule has 0 amide bonds. The van der Waals surface area contributed by atoms with Crippen molar-refractivity contribution in [3.8, 4) is 0 Å². The minimum atomic E-state index is -4.31. The van der Waals surface area contributed by atoms with E-state index in [1.165, 1.54) is 0 Å². The van der Waals surface area contributed by atoms with Crippen molar-refractivity contribution < 1.29 is 22.7 Å². The van der Waals surface area contributed by atoms with Crippen molar-refractivity contribution in [2.24, 2.45) is 0 Å². The van der Waals surface area contributed by atoms with E-state index in [1.54, 1.807) is 6.92 Å². The van der Waals surface area contributed by atoms with Gasteiger partial charge in [-0.2, -0.15) is 18.3 Å². The summed E-state index contributed by atoms with van der Waals surface area (Å²) >= 11 is 0. The van der Waals surface area contributed by atoms with Gasteiger partial charge >= 0.3 is 12.1 Å². The van der Waals surface area contributed by atoms with E-state index in [2.05, 4.69) is 14.9 Å². The minimum absolute atomic E-state index is 0.0287. The number of hydrogen-bond acceptors (Lipinski definition) is 3. The summed E-state index contributed by atoms with van der Waals surface area (Å²) in [5.74, 6) is -0.715. The maximum atomic E-state index is 12.8. The number of ether oxygens (including phenoxy) is 1. The van der Waals surface area contributed by atoms with E-state index in [0.717, 1.165) is 6.07 Å². The number of aromatic amines is 1. The van der Waals surface area contributed by atoms with E-state index in [4.69, 9.17) is 0 Å². The average molecular weight is 248 g/mol. The molecule has 0 radical (unpaired) electrons. The molecule has 2 rings (SSSR count). The predicted octanol–water partition coefficient (Wildman–Crippen LogP) is 2.18. The summed E-state index contributed by atoms with van der Waals surface area (Å²) in [5.41, 5.74) is -2.02. The second-order valence-corrected chi connectivity index (χ2v) is 3.97. The van der Waals surface area contributed by atoms with Crippen LogP contribution in [0, 0.1) is 0 Å². The number of aromatic nitrogens is 2. The molecule has 4 nitrogen and oxygen atoms in total. The van der Waals surface area contributed by atoms with Crippen LogP contribution in [0.4, 0.5) is 13.2 Å². The fraction of sp³-hybridized carbons (Fsp3) is 0.600. The van der Waals surface area contributed by atoms with Crippen LogP contribution >= 0.6 is 0 Å². The highest BCUT2D eigenvalue weighted by Crippen LogP contribution is 2.58. The first-order valence-corrected chi connectivity index (χ1v) is 5.20. The van der Waals surface area contributed by atoms with Gasteiger partial charge in [-0.15, -0.1) is 0 Å². The third-order valence-corrected chi connectivity index (χ3v) is 2.87. The first kappa shape index (κ1) is 11.9. The zero-order valence-corrected chi connectivity index (χ0v) is 9.10. The van der Waals surface area contributed by atoms with Gasteiger partial charge in [0.1, 0.15) is 5.41 Å². The standard InChI is InChI=1S/C10H11F3N2O2/c1-2-17-8(16)6-5-7(15-14-6)9(3-4-9)10(11,12)13/h5H,2-4H2,1H3,(H,14,15). The number of hydrogen-bond donors (Lipinski definition) is 1. The van der Waals surface area contributed by atoms with Crippen molar-refractivity contribution in [2.75, 3.05) is 6.61 Å². The normalized spacial score (nSPS) is 17.9. The Labute approximate surface area is 95.1 Å². The highest BCUT2D eigenvalue weighted by Gasteiger charge is 2.65. The Morgan fingerprint density at radius 3 is 2.71 bits per heavy atom. The molecule has 0 spiro atoms. The van der Waals surface area contributed by atoms with E-state index in [1.807, 2.05) is 0 Å². The molecule has 0 bridgehead atoms. The lowest BCUT2D eigenvalue weighted by atomic mass is 10.0. The summed E-state index contributed by atoms with van der Waals surface area (Å²) in [4.78, 5) is 11.3. The number of rotatable bonds is 3. The third-order valence-electron chi connectivity index (χ3n) is 2.87. The number of H-pyrrole nitrogens is 1. The molecule has 0 aromatic carbocycles. The largest absolute Gasteiger partial charge is 0.461 e. The van der Waals surface area contributed by atoms with Crippen molar-refractivity contribution in [3.63, 3.8) is 0 Å². The van der Waals surface area contributed by atoms with Gasteiger partial charge in [-0.3, -0.25) is 5.10 Å². The number of nitrogens with one attached hydrogen (secondary N) is 1. The first-order valence-electron chi connectivity index (χ1n) is 5.20. The van der Waals surface area contributed by atoms with Crippen LogP contribution < -0.4 is 0 Å². The van der Waals surface area contributed by atoms with Crippen LogP contribution in [0.1, 0.15) is 35.9 Å². The van der Waals surface area contributed by atoms with Crippen LogP contribution in [0.25, 0.3) is 0 Å². The maximum absolute atomic E-state index is 12.8. The fourth-order valence-corrected chi connectivity index (χ4v) is 1.71. The lowest BCUT2D eigenvalue weighted by Gasteiger charge is -2.16. The zero-order chi connectivity index (χ0) is 12.7. The lowest BCUT2D eigenvalue weighted by Crippen LogP contribution is -2.29. The Balaban J connectivity index is 2.22. The molecule has 1 heterocycles. The molecule has 0 unspecified atom stereocenters. The summed E-state index contributed by atoms with van der Waals surface area (Å²) in [6.45, 7) is 1.77. The van der Waals surface area contributed by atoms with Gasteiger partial charge in [-0.05, 0) is 25.8 Å². The minimum Gasteiger partial charge on any atom is -0.461 e. The molecule has 1 aromatic heterocycles. The molecule has 0 atom stereocenters.